The van der Waals surface area contributed by atoms with Crippen LogP contribution in [0.3, 0.4) is 0 Å². The lowest BCUT2D eigenvalue weighted by atomic mass is 9.93. The zero-order valence-electron chi connectivity index (χ0n) is 14.1. The molecule has 130 valence electrons. The molecule has 2 aromatic rings. The Balaban J connectivity index is 1.78. The molecular weight excluding hydrogens is 322 g/mol. The highest BCUT2D eigenvalue weighted by atomic mass is 35.5. The molecule has 1 saturated carbocycles. The molecule has 0 saturated heterocycles. The fraction of sp³-hybridized carbons (Fsp3) is 0.550. The van der Waals surface area contributed by atoms with Crippen molar-refractivity contribution in [2.45, 2.75) is 57.8 Å². The van der Waals surface area contributed by atoms with E-state index >= 15 is 0 Å². The number of Topliss-reactive ketones (excluding diaryl/α,β-unsaturated/α-hetero) is 1. The zero-order valence-corrected chi connectivity index (χ0v) is 14.9. The van der Waals surface area contributed by atoms with Gasteiger partial charge < -0.3 is 9.51 Å². The largest absolute Gasteiger partial charge is 0.396 e. The Hall–Kier alpha value is -1.32. The summed E-state index contributed by atoms with van der Waals surface area (Å²) in [4.78, 5) is 12.8. The van der Waals surface area contributed by atoms with Crippen LogP contribution >= 0.6 is 11.6 Å². The van der Waals surface area contributed by atoms with Crippen LogP contribution in [-0.2, 0) is 6.42 Å². The lowest BCUT2D eigenvalue weighted by Gasteiger charge is -2.12. The third kappa shape index (κ3) is 3.84. The molecule has 0 bridgehead atoms. The van der Waals surface area contributed by atoms with Gasteiger partial charge in [-0.2, -0.15) is 0 Å². The molecule has 0 radical (unpaired) electrons. The number of pyridine rings is 1. The van der Waals surface area contributed by atoms with Crippen molar-refractivity contribution < 1.29 is 9.90 Å². The van der Waals surface area contributed by atoms with E-state index in [0.717, 1.165) is 17.6 Å². The highest BCUT2D eigenvalue weighted by Crippen LogP contribution is 2.30. The summed E-state index contributed by atoms with van der Waals surface area (Å²) in [6, 6.07) is 5.60. The minimum Gasteiger partial charge on any atom is -0.396 e. The smallest absolute Gasteiger partial charge is 0.165 e. The molecule has 3 rings (SSSR count). The fourth-order valence-electron chi connectivity index (χ4n) is 3.93. The maximum absolute atomic E-state index is 12.8. The molecule has 24 heavy (non-hydrogen) atoms. The highest BCUT2D eigenvalue weighted by Gasteiger charge is 2.19. The number of aliphatic hydroxyl groups excluding tert-OH is 1. The summed E-state index contributed by atoms with van der Waals surface area (Å²) in [6.07, 6.45) is 11.8. The molecule has 0 spiro atoms. The third-order valence-electron chi connectivity index (χ3n) is 5.24. The second kappa shape index (κ2) is 8.17. The highest BCUT2D eigenvalue weighted by molar-refractivity contribution is 6.35. The van der Waals surface area contributed by atoms with Crippen LogP contribution in [0.2, 0.25) is 5.02 Å². The Bertz CT molecular complexity index is 699. The van der Waals surface area contributed by atoms with Crippen LogP contribution in [0, 0.1) is 5.92 Å². The van der Waals surface area contributed by atoms with Crippen molar-refractivity contribution in [3.05, 3.63) is 40.7 Å². The zero-order chi connectivity index (χ0) is 16.9. The van der Waals surface area contributed by atoms with Gasteiger partial charge in [0, 0.05) is 36.9 Å². The number of aromatic nitrogens is 1. The van der Waals surface area contributed by atoms with Crippen molar-refractivity contribution in [2.24, 2.45) is 5.92 Å². The van der Waals surface area contributed by atoms with E-state index in [0.29, 0.717) is 29.3 Å². The summed E-state index contributed by atoms with van der Waals surface area (Å²) in [7, 11) is 0. The Labute approximate surface area is 148 Å². The van der Waals surface area contributed by atoms with Crippen LogP contribution in [0.1, 0.15) is 67.4 Å². The number of hydrogen-bond acceptors (Lipinski definition) is 2. The molecular formula is C20H26ClNO2. The quantitative estimate of drug-likeness (QED) is 0.586. The van der Waals surface area contributed by atoms with Gasteiger partial charge in [-0.05, 0) is 30.5 Å². The van der Waals surface area contributed by atoms with E-state index in [2.05, 4.69) is 0 Å². The van der Waals surface area contributed by atoms with E-state index < -0.39 is 0 Å². The average Bonchev–Trinajstić information content (AvgIpc) is 2.77. The van der Waals surface area contributed by atoms with Crippen LogP contribution in [-0.4, -0.2) is 21.9 Å². The van der Waals surface area contributed by atoms with Crippen LogP contribution in [0.15, 0.2) is 24.4 Å². The summed E-state index contributed by atoms with van der Waals surface area (Å²) in [5.74, 6) is 0.867. The summed E-state index contributed by atoms with van der Waals surface area (Å²) < 4.78 is 1.94. The Morgan fingerprint density at radius 3 is 2.71 bits per heavy atom. The van der Waals surface area contributed by atoms with Gasteiger partial charge in [0.05, 0.1) is 10.5 Å². The molecule has 0 aliphatic heterocycles. The number of halogens is 1. The number of carbonyl (C=O) groups is 1. The monoisotopic (exact) mass is 347 g/mol. The summed E-state index contributed by atoms with van der Waals surface area (Å²) in [5, 5.41) is 9.86. The maximum atomic E-state index is 12.8. The molecule has 2 heterocycles. The van der Waals surface area contributed by atoms with Crippen LogP contribution in [0.4, 0.5) is 0 Å². The van der Waals surface area contributed by atoms with E-state index in [-0.39, 0.29) is 12.4 Å². The molecule has 0 aromatic carbocycles. The van der Waals surface area contributed by atoms with Crippen molar-refractivity contribution in [3.63, 3.8) is 0 Å². The van der Waals surface area contributed by atoms with Gasteiger partial charge in [0.2, 0.25) is 0 Å². The number of carbonyl (C=O) groups excluding carboxylic acids is 1. The normalized spacial score (nSPS) is 16.4. The first-order chi connectivity index (χ1) is 11.7. The van der Waals surface area contributed by atoms with Gasteiger partial charge in [-0.3, -0.25) is 4.79 Å². The molecule has 1 fully saturated rings. The summed E-state index contributed by atoms with van der Waals surface area (Å²) >= 11 is 6.35. The SMILES string of the molecule is O=C(CCC1CCCCCC1)c1cc(CCO)n2cccc(Cl)c12. The molecule has 0 amide bonds. The van der Waals surface area contributed by atoms with Gasteiger partial charge in [0.25, 0.3) is 0 Å². The number of nitrogens with zero attached hydrogens (tertiary/aromatic N) is 1. The molecule has 1 aliphatic carbocycles. The average molecular weight is 348 g/mol. The first kappa shape index (κ1) is 17.5. The van der Waals surface area contributed by atoms with Crippen LogP contribution in [0.25, 0.3) is 5.52 Å². The minimum atomic E-state index is 0.0638. The molecule has 2 aromatic heterocycles. The van der Waals surface area contributed by atoms with Crippen molar-refractivity contribution in [1.29, 1.82) is 0 Å². The Morgan fingerprint density at radius 2 is 2.00 bits per heavy atom. The Morgan fingerprint density at radius 1 is 1.25 bits per heavy atom. The van der Waals surface area contributed by atoms with Crippen molar-refractivity contribution in [1.82, 2.24) is 4.40 Å². The first-order valence-electron chi connectivity index (χ1n) is 9.13. The minimum absolute atomic E-state index is 0.0638. The molecule has 1 aliphatic rings. The predicted octanol–water partition coefficient (Wildman–Crippen LogP) is 5.06. The fourth-order valence-corrected chi connectivity index (χ4v) is 4.19. The van der Waals surface area contributed by atoms with E-state index in [1.165, 1.54) is 38.5 Å². The number of ketones is 1. The summed E-state index contributed by atoms with van der Waals surface area (Å²) in [6.45, 7) is 0.0638. The molecule has 0 unspecified atom stereocenters. The topological polar surface area (TPSA) is 41.7 Å². The lowest BCUT2D eigenvalue weighted by molar-refractivity contribution is 0.0974. The lowest BCUT2D eigenvalue weighted by Crippen LogP contribution is -2.05. The number of aliphatic hydroxyl groups is 1. The van der Waals surface area contributed by atoms with Gasteiger partial charge in [0.1, 0.15) is 0 Å². The second-order valence-electron chi connectivity index (χ2n) is 6.92. The van der Waals surface area contributed by atoms with Gasteiger partial charge in [-0.25, -0.2) is 0 Å². The third-order valence-corrected chi connectivity index (χ3v) is 5.55. The number of hydrogen-bond donors (Lipinski definition) is 1. The Kier molecular flexibility index (Phi) is 5.96. The van der Waals surface area contributed by atoms with Gasteiger partial charge >= 0.3 is 0 Å². The van der Waals surface area contributed by atoms with Gasteiger partial charge in [-0.15, -0.1) is 0 Å². The standard InChI is InChI=1S/C20H26ClNO2/c21-18-8-5-12-22-16(11-13-23)14-17(20(18)22)19(24)10-9-15-6-3-1-2-4-7-15/h5,8,12,14-15,23H,1-4,6-7,9-11,13H2. The van der Waals surface area contributed by atoms with E-state index in [1.807, 2.05) is 28.8 Å². The first-order valence-corrected chi connectivity index (χ1v) is 9.51. The predicted molar refractivity (Wildman–Crippen MR) is 98.0 cm³/mol. The number of fused-ring (bicyclic) bond motifs is 1. The van der Waals surface area contributed by atoms with E-state index in [1.54, 1.807) is 0 Å². The maximum Gasteiger partial charge on any atom is 0.165 e. The van der Waals surface area contributed by atoms with Crippen molar-refractivity contribution in [2.75, 3.05) is 6.61 Å². The van der Waals surface area contributed by atoms with Crippen molar-refractivity contribution in [3.8, 4) is 0 Å². The second-order valence-corrected chi connectivity index (χ2v) is 7.32. The van der Waals surface area contributed by atoms with Crippen molar-refractivity contribution >= 4 is 22.9 Å². The molecule has 0 atom stereocenters. The van der Waals surface area contributed by atoms with E-state index in [9.17, 15) is 9.90 Å². The molecule has 3 nitrogen and oxygen atoms in total. The summed E-state index contributed by atoms with van der Waals surface area (Å²) in [5.41, 5.74) is 2.43. The van der Waals surface area contributed by atoms with Gasteiger partial charge in [0.15, 0.2) is 5.78 Å². The number of rotatable bonds is 6. The van der Waals surface area contributed by atoms with E-state index in [4.69, 9.17) is 11.6 Å². The van der Waals surface area contributed by atoms with Crippen LogP contribution in [0.5, 0.6) is 0 Å². The van der Waals surface area contributed by atoms with Gasteiger partial charge in [-0.1, -0.05) is 50.1 Å². The van der Waals surface area contributed by atoms with Crippen LogP contribution < -0.4 is 0 Å². The molecule has 1 N–H and O–H groups in total. The molecule has 4 heteroatoms.